The van der Waals surface area contributed by atoms with E-state index in [0.29, 0.717) is 12.3 Å². The van der Waals surface area contributed by atoms with Crippen LogP contribution in [0.15, 0.2) is 46.9 Å². The normalized spacial score (nSPS) is 16.8. The average molecular weight is 577 g/mol. The number of aromatic nitrogens is 1. The maximum Gasteiger partial charge on any atom is 0.261 e. The van der Waals surface area contributed by atoms with Gasteiger partial charge in [0.25, 0.3) is 11.4 Å². The van der Waals surface area contributed by atoms with Crippen molar-refractivity contribution in [1.82, 2.24) is 15.1 Å². The maximum atomic E-state index is 12.5. The first-order valence-corrected chi connectivity index (χ1v) is 15.2. The average Bonchev–Trinajstić information content (AvgIpc) is 3.42. The van der Waals surface area contributed by atoms with Crippen molar-refractivity contribution in [3.63, 3.8) is 0 Å². The highest BCUT2D eigenvalue weighted by atomic mass is 16.5. The van der Waals surface area contributed by atoms with E-state index in [2.05, 4.69) is 56.3 Å². The minimum atomic E-state index is -0.116. The number of amides is 1. The van der Waals surface area contributed by atoms with Crippen LogP contribution in [-0.4, -0.2) is 101 Å². The third-order valence-corrected chi connectivity index (χ3v) is 8.23. The number of hydrogen-bond donors (Lipinski definition) is 2. The molecular formula is C32H42N5O5+. The molecule has 0 aliphatic carbocycles. The van der Waals surface area contributed by atoms with Gasteiger partial charge in [0.2, 0.25) is 11.1 Å². The molecule has 0 radical (unpaired) electrons. The van der Waals surface area contributed by atoms with Crippen LogP contribution in [0.2, 0.25) is 0 Å². The first-order valence-electron chi connectivity index (χ1n) is 15.2. The minimum absolute atomic E-state index is 0.0240. The Bertz CT molecular complexity index is 1510. The van der Waals surface area contributed by atoms with Crippen molar-refractivity contribution in [3.05, 3.63) is 42.5 Å². The molecule has 10 nitrogen and oxygen atoms in total. The van der Waals surface area contributed by atoms with Crippen LogP contribution >= 0.6 is 0 Å². The number of para-hydroxylation sites is 1. The highest BCUT2D eigenvalue weighted by Crippen LogP contribution is 2.37. The van der Waals surface area contributed by atoms with E-state index < -0.39 is 0 Å². The zero-order chi connectivity index (χ0) is 28.7. The van der Waals surface area contributed by atoms with Crippen LogP contribution in [0.5, 0.6) is 5.75 Å². The minimum Gasteiger partial charge on any atom is -0.484 e. The number of furan rings is 1. The number of hydrogen-bond acceptors (Lipinski definition) is 8. The molecule has 2 aromatic carbocycles. The molecule has 6 rings (SSSR count). The molecule has 0 unspecified atom stereocenters. The molecule has 2 aromatic heterocycles. The summed E-state index contributed by atoms with van der Waals surface area (Å²) in [7, 11) is 2.07. The number of pyridine rings is 1. The second-order valence-electron chi connectivity index (χ2n) is 11.1. The Morgan fingerprint density at radius 1 is 0.905 bits per heavy atom. The zero-order valence-corrected chi connectivity index (χ0v) is 24.5. The highest BCUT2D eigenvalue weighted by Gasteiger charge is 2.25. The summed E-state index contributed by atoms with van der Waals surface area (Å²) in [6.45, 7) is 10.6. The number of carbonyl (C=O) groups is 1. The number of aryl methyl sites for hydroxylation is 1. The Morgan fingerprint density at radius 3 is 2.33 bits per heavy atom. The van der Waals surface area contributed by atoms with Crippen molar-refractivity contribution in [3.8, 4) is 5.75 Å². The lowest BCUT2D eigenvalue weighted by atomic mass is 10.1. The first kappa shape index (κ1) is 28.7. The topological polar surface area (TPSA) is 92.3 Å². The Kier molecular flexibility index (Phi) is 9.34. The summed E-state index contributed by atoms with van der Waals surface area (Å²) in [5.74, 6) is 0.524. The molecule has 2 aliphatic heterocycles. The van der Waals surface area contributed by atoms with Crippen LogP contribution in [0.3, 0.4) is 0 Å². The van der Waals surface area contributed by atoms with Crippen molar-refractivity contribution in [2.24, 2.45) is 7.05 Å². The molecule has 42 heavy (non-hydrogen) atoms. The van der Waals surface area contributed by atoms with E-state index in [-0.39, 0.29) is 12.5 Å². The Hall–Kier alpha value is -3.44. The SMILES string of the molecule is C[n+]1c2ccccc2c(NCCCN2CCOCC2)c2oc3ccc(OCC(=O)NCCCN4CCOCC4)cc3c21. The summed E-state index contributed by atoms with van der Waals surface area (Å²) in [5.41, 5.74) is 4.74. The van der Waals surface area contributed by atoms with Crippen LogP contribution < -0.4 is 19.9 Å². The number of rotatable bonds is 12. The third kappa shape index (κ3) is 6.62. The largest absolute Gasteiger partial charge is 0.484 e. The molecule has 224 valence electrons. The van der Waals surface area contributed by atoms with Crippen molar-refractivity contribution < 1.29 is 28.0 Å². The molecule has 2 aliphatic rings. The molecule has 10 heteroatoms. The van der Waals surface area contributed by atoms with Gasteiger partial charge in [-0.05, 0) is 50.2 Å². The molecule has 2 N–H and O–H groups in total. The Labute approximate surface area is 246 Å². The second-order valence-corrected chi connectivity index (χ2v) is 11.1. The van der Waals surface area contributed by atoms with Crippen molar-refractivity contribution in [2.45, 2.75) is 12.8 Å². The fourth-order valence-corrected chi connectivity index (χ4v) is 5.95. The lowest BCUT2D eigenvalue weighted by Crippen LogP contribution is -2.38. The van der Waals surface area contributed by atoms with E-state index in [1.807, 2.05) is 18.2 Å². The van der Waals surface area contributed by atoms with Gasteiger partial charge in [-0.25, -0.2) is 0 Å². The van der Waals surface area contributed by atoms with Crippen molar-refractivity contribution in [2.75, 3.05) is 90.7 Å². The molecule has 4 heterocycles. The van der Waals surface area contributed by atoms with Gasteiger partial charge in [0.15, 0.2) is 6.61 Å². The number of anilines is 1. The van der Waals surface area contributed by atoms with Gasteiger partial charge in [0.1, 0.15) is 18.4 Å². The lowest BCUT2D eigenvalue weighted by molar-refractivity contribution is -0.616. The van der Waals surface area contributed by atoms with Crippen LogP contribution in [0, 0.1) is 0 Å². The zero-order valence-electron chi connectivity index (χ0n) is 24.5. The van der Waals surface area contributed by atoms with Gasteiger partial charge in [-0.3, -0.25) is 14.6 Å². The summed E-state index contributed by atoms with van der Waals surface area (Å²) in [6, 6.07) is 14.2. The molecule has 1 amide bonds. The van der Waals surface area contributed by atoms with Gasteiger partial charge in [0, 0.05) is 45.3 Å². The number of fused-ring (bicyclic) bond motifs is 4. The van der Waals surface area contributed by atoms with E-state index >= 15 is 0 Å². The van der Waals surface area contributed by atoms with Gasteiger partial charge in [-0.2, -0.15) is 4.57 Å². The van der Waals surface area contributed by atoms with E-state index in [1.54, 1.807) is 0 Å². The van der Waals surface area contributed by atoms with E-state index in [1.165, 1.54) is 0 Å². The lowest BCUT2D eigenvalue weighted by Gasteiger charge is -2.26. The van der Waals surface area contributed by atoms with Gasteiger partial charge in [-0.1, -0.05) is 12.1 Å². The highest BCUT2D eigenvalue weighted by molar-refractivity contribution is 6.11. The van der Waals surface area contributed by atoms with Crippen LogP contribution in [0.1, 0.15) is 12.8 Å². The van der Waals surface area contributed by atoms with Crippen LogP contribution in [-0.2, 0) is 21.3 Å². The summed E-state index contributed by atoms with van der Waals surface area (Å²) in [5, 5.41) is 8.76. The van der Waals surface area contributed by atoms with Gasteiger partial charge >= 0.3 is 0 Å². The number of benzene rings is 2. The molecule has 0 bridgehead atoms. The fraction of sp³-hybridized carbons (Fsp3) is 0.500. The van der Waals surface area contributed by atoms with Gasteiger partial charge < -0.3 is 29.3 Å². The number of nitrogens with zero attached hydrogens (tertiary/aromatic N) is 3. The van der Waals surface area contributed by atoms with Crippen molar-refractivity contribution >= 4 is 44.6 Å². The van der Waals surface area contributed by atoms with E-state index in [9.17, 15) is 4.79 Å². The molecule has 4 aromatic rings. The number of carbonyl (C=O) groups excluding carboxylic acids is 1. The fourth-order valence-electron chi connectivity index (χ4n) is 5.95. The van der Waals surface area contributed by atoms with E-state index in [0.717, 1.165) is 124 Å². The Balaban J connectivity index is 1.14. The maximum absolute atomic E-state index is 12.5. The molecule has 0 atom stereocenters. The number of nitrogens with one attached hydrogen (secondary N) is 2. The molecule has 2 fully saturated rings. The van der Waals surface area contributed by atoms with Crippen LogP contribution in [0.25, 0.3) is 33.0 Å². The number of morpholine rings is 2. The summed E-state index contributed by atoms with van der Waals surface area (Å²) >= 11 is 0. The van der Waals surface area contributed by atoms with Gasteiger partial charge in [-0.15, -0.1) is 0 Å². The Morgan fingerprint density at radius 2 is 1.60 bits per heavy atom. The van der Waals surface area contributed by atoms with Gasteiger partial charge in [0.05, 0.1) is 42.9 Å². The summed E-state index contributed by atoms with van der Waals surface area (Å²) < 4.78 is 25.4. The standard InChI is InChI=1S/C32H41N5O5/c1-35-27-7-3-2-6-25(27)30(34-11-5-13-37-16-20-40-21-17-37)32-31(35)26-22-24(8-9-28(26)42-32)41-23-29(38)33-10-4-12-36-14-18-39-19-15-36/h2-3,6-9,22H,4-5,10-21,23H2,1H3,(H,33,38)/p+1. The van der Waals surface area contributed by atoms with Crippen LogP contribution in [0.4, 0.5) is 5.69 Å². The monoisotopic (exact) mass is 576 g/mol. The number of ether oxygens (including phenoxy) is 3. The molecule has 0 saturated carbocycles. The second kappa shape index (κ2) is 13.7. The summed E-state index contributed by atoms with van der Waals surface area (Å²) in [4.78, 5) is 17.3. The van der Waals surface area contributed by atoms with Crippen molar-refractivity contribution in [1.29, 1.82) is 0 Å². The first-order chi connectivity index (χ1) is 20.7. The predicted molar refractivity (Wildman–Crippen MR) is 163 cm³/mol. The molecular weight excluding hydrogens is 534 g/mol. The molecule has 2 saturated heterocycles. The smallest absolute Gasteiger partial charge is 0.261 e. The quantitative estimate of drug-likeness (QED) is 0.197. The summed E-state index contributed by atoms with van der Waals surface area (Å²) in [6.07, 6.45) is 1.94. The van der Waals surface area contributed by atoms with E-state index in [4.69, 9.17) is 18.6 Å². The predicted octanol–water partition coefficient (Wildman–Crippen LogP) is 2.92. The third-order valence-electron chi connectivity index (χ3n) is 8.23. The molecule has 0 spiro atoms.